The number of halogens is 2. The van der Waals surface area contributed by atoms with E-state index in [-0.39, 0.29) is 29.9 Å². The molecule has 1 atom stereocenters. The molecule has 0 unspecified atom stereocenters. The predicted molar refractivity (Wildman–Crippen MR) is 104 cm³/mol. The van der Waals surface area contributed by atoms with Gasteiger partial charge in [0.2, 0.25) is 5.95 Å². The Morgan fingerprint density at radius 2 is 2.17 bits per heavy atom. The predicted octanol–water partition coefficient (Wildman–Crippen LogP) is 2.54. The van der Waals surface area contributed by atoms with Crippen LogP contribution in [-0.2, 0) is 9.53 Å². The maximum atomic E-state index is 14.4. The number of anilines is 2. The zero-order valence-corrected chi connectivity index (χ0v) is 16.1. The number of benzene rings is 1. The summed E-state index contributed by atoms with van der Waals surface area (Å²) in [5.74, 6) is -1.14. The van der Waals surface area contributed by atoms with Crippen molar-refractivity contribution in [2.75, 3.05) is 30.0 Å². The monoisotopic (exact) mass is 412 g/mol. The van der Waals surface area contributed by atoms with Crippen molar-refractivity contribution < 1.29 is 18.3 Å². The minimum absolute atomic E-state index is 0.00361. The smallest absolute Gasteiger partial charge is 0.252 e. The second kappa shape index (κ2) is 6.84. The van der Waals surface area contributed by atoms with Crippen LogP contribution in [0.3, 0.4) is 0 Å². The fraction of sp³-hybridized carbons (Fsp3) is 0.300. The summed E-state index contributed by atoms with van der Waals surface area (Å²) in [6.07, 6.45) is 5.10. The summed E-state index contributed by atoms with van der Waals surface area (Å²) in [7, 11) is 0. The van der Waals surface area contributed by atoms with Gasteiger partial charge in [-0.3, -0.25) is 9.36 Å². The lowest BCUT2D eigenvalue weighted by Gasteiger charge is -2.48. The normalized spacial score (nSPS) is 20.5. The van der Waals surface area contributed by atoms with Gasteiger partial charge in [0, 0.05) is 18.9 Å². The Labute approximate surface area is 170 Å². The molecule has 10 heteroatoms. The number of nitrogens with zero attached hydrogens (tertiary/aromatic N) is 5. The molecule has 1 saturated heterocycles. The first-order valence-corrected chi connectivity index (χ1v) is 9.57. The molecule has 1 N–H and O–H groups in total. The third-order valence-corrected chi connectivity index (χ3v) is 5.63. The van der Waals surface area contributed by atoms with Gasteiger partial charge in [-0.15, -0.1) is 0 Å². The zero-order valence-electron chi connectivity index (χ0n) is 16.1. The maximum Gasteiger partial charge on any atom is 0.252 e. The minimum atomic E-state index is -0.992. The highest BCUT2D eigenvalue weighted by Crippen LogP contribution is 2.39. The van der Waals surface area contributed by atoms with Crippen molar-refractivity contribution in [1.82, 2.24) is 19.5 Å². The lowest BCUT2D eigenvalue weighted by atomic mass is 9.90. The Morgan fingerprint density at radius 3 is 3.00 bits per heavy atom. The Morgan fingerprint density at radius 1 is 1.30 bits per heavy atom. The number of amides is 1. The van der Waals surface area contributed by atoms with Crippen molar-refractivity contribution >= 4 is 17.4 Å². The Balaban J connectivity index is 1.63. The third-order valence-electron chi connectivity index (χ3n) is 5.63. The molecular formula is C20H18F2N6O2. The summed E-state index contributed by atoms with van der Waals surface area (Å²) in [4.78, 5) is 27.9. The first-order valence-electron chi connectivity index (χ1n) is 9.57. The molecule has 3 aromatic rings. The molecule has 0 spiro atoms. The van der Waals surface area contributed by atoms with Gasteiger partial charge in [0.15, 0.2) is 17.5 Å². The number of carbonyl (C=O) groups is 1. The van der Waals surface area contributed by atoms with E-state index < -0.39 is 17.2 Å². The fourth-order valence-electron chi connectivity index (χ4n) is 3.99. The number of aromatic nitrogens is 4. The van der Waals surface area contributed by atoms with Crippen molar-refractivity contribution in [2.45, 2.75) is 18.9 Å². The Hall–Kier alpha value is -3.40. The van der Waals surface area contributed by atoms with Crippen molar-refractivity contribution in [3.8, 4) is 17.3 Å². The van der Waals surface area contributed by atoms with Crippen LogP contribution in [0.5, 0.6) is 0 Å². The summed E-state index contributed by atoms with van der Waals surface area (Å²) in [5.41, 5.74) is -0.347. The van der Waals surface area contributed by atoms with Crippen LogP contribution in [0.15, 0.2) is 36.8 Å². The number of imidazole rings is 1. The number of ether oxygens (including phenoxy) is 1. The number of nitrogens with one attached hydrogen (secondary N) is 1. The number of rotatable bonds is 3. The van der Waals surface area contributed by atoms with Gasteiger partial charge >= 0.3 is 0 Å². The van der Waals surface area contributed by atoms with Crippen molar-refractivity contribution in [3.05, 3.63) is 48.4 Å². The van der Waals surface area contributed by atoms with Crippen LogP contribution in [0.4, 0.5) is 20.3 Å². The summed E-state index contributed by atoms with van der Waals surface area (Å²) in [6, 6.07) is 3.91. The van der Waals surface area contributed by atoms with Crippen LogP contribution in [0, 0.1) is 11.6 Å². The van der Waals surface area contributed by atoms with Crippen molar-refractivity contribution in [3.63, 3.8) is 0 Å². The van der Waals surface area contributed by atoms with E-state index in [4.69, 9.17) is 4.74 Å². The summed E-state index contributed by atoms with van der Waals surface area (Å²) >= 11 is 0. The van der Waals surface area contributed by atoms with Crippen LogP contribution in [-0.4, -0.2) is 50.7 Å². The molecule has 1 fully saturated rings. The lowest BCUT2D eigenvalue weighted by Crippen LogP contribution is -2.66. The first kappa shape index (κ1) is 18.6. The minimum Gasteiger partial charge on any atom is -0.377 e. The molecule has 1 amide bonds. The second-order valence-corrected chi connectivity index (χ2v) is 7.17. The van der Waals surface area contributed by atoms with Gasteiger partial charge in [-0.05, 0) is 18.6 Å². The molecule has 8 nitrogen and oxygen atoms in total. The van der Waals surface area contributed by atoms with E-state index in [9.17, 15) is 13.6 Å². The average Bonchev–Trinajstić information content (AvgIpc) is 3.25. The molecule has 154 valence electrons. The van der Waals surface area contributed by atoms with E-state index >= 15 is 0 Å². The number of hydrogen-bond acceptors (Lipinski definition) is 6. The van der Waals surface area contributed by atoms with Crippen LogP contribution >= 0.6 is 0 Å². The molecule has 4 heterocycles. The SMILES string of the molecule is CC[C@@]12COCCN1c1nc(-n3ccnc3-c3cccc(F)c3F)ncc1NC2=O. The molecule has 2 aliphatic heterocycles. The highest BCUT2D eigenvalue weighted by Gasteiger charge is 2.49. The van der Waals surface area contributed by atoms with Crippen molar-refractivity contribution in [1.29, 1.82) is 0 Å². The fourth-order valence-corrected chi connectivity index (χ4v) is 3.99. The molecule has 0 radical (unpaired) electrons. The molecule has 0 bridgehead atoms. The molecule has 5 rings (SSSR count). The van der Waals surface area contributed by atoms with E-state index in [1.165, 1.54) is 29.1 Å². The highest BCUT2D eigenvalue weighted by atomic mass is 19.2. The molecule has 0 saturated carbocycles. The molecular weight excluding hydrogens is 394 g/mol. The first-order chi connectivity index (χ1) is 14.5. The van der Waals surface area contributed by atoms with Gasteiger partial charge in [0.25, 0.3) is 5.91 Å². The van der Waals surface area contributed by atoms with E-state index in [0.29, 0.717) is 31.1 Å². The number of morpholine rings is 1. The van der Waals surface area contributed by atoms with Gasteiger partial charge in [-0.2, -0.15) is 4.98 Å². The zero-order chi connectivity index (χ0) is 20.9. The second-order valence-electron chi connectivity index (χ2n) is 7.17. The third kappa shape index (κ3) is 2.60. The average molecular weight is 412 g/mol. The number of hydrogen-bond donors (Lipinski definition) is 1. The molecule has 0 aliphatic carbocycles. The molecule has 2 aliphatic rings. The van der Waals surface area contributed by atoms with E-state index in [2.05, 4.69) is 20.3 Å². The quantitative estimate of drug-likeness (QED) is 0.712. The van der Waals surface area contributed by atoms with Gasteiger partial charge in [0.05, 0.1) is 25.0 Å². The number of fused-ring (bicyclic) bond motifs is 3. The maximum absolute atomic E-state index is 14.4. The van der Waals surface area contributed by atoms with Gasteiger partial charge in [0.1, 0.15) is 17.1 Å². The molecule has 30 heavy (non-hydrogen) atoms. The van der Waals surface area contributed by atoms with E-state index in [1.807, 2.05) is 11.8 Å². The van der Waals surface area contributed by atoms with Gasteiger partial charge in [-0.25, -0.2) is 18.7 Å². The van der Waals surface area contributed by atoms with Gasteiger partial charge < -0.3 is 15.0 Å². The summed E-state index contributed by atoms with van der Waals surface area (Å²) < 4.78 is 35.2. The highest BCUT2D eigenvalue weighted by molar-refractivity contribution is 6.06. The molecule has 1 aromatic carbocycles. The van der Waals surface area contributed by atoms with Gasteiger partial charge in [-0.1, -0.05) is 13.0 Å². The van der Waals surface area contributed by atoms with Crippen LogP contribution in [0.1, 0.15) is 13.3 Å². The number of carbonyl (C=O) groups excluding carboxylic acids is 1. The van der Waals surface area contributed by atoms with Crippen LogP contribution in [0.25, 0.3) is 17.3 Å². The topological polar surface area (TPSA) is 85.2 Å². The summed E-state index contributed by atoms with van der Waals surface area (Å²) in [6.45, 7) is 3.16. The van der Waals surface area contributed by atoms with E-state index in [1.54, 1.807) is 6.20 Å². The standard InChI is InChI=1S/C20H18F2N6O2/c1-2-20-11-30-9-8-28(20)17-14(25-18(20)29)10-24-19(26-17)27-7-6-23-16(27)12-4-3-5-13(21)15(12)22/h3-7,10H,2,8-9,11H2,1H3,(H,25,29)/t20-/m0/s1. The van der Waals surface area contributed by atoms with Crippen LogP contribution < -0.4 is 10.2 Å². The Kier molecular flexibility index (Phi) is 4.24. The van der Waals surface area contributed by atoms with E-state index in [0.717, 1.165) is 6.07 Å². The lowest BCUT2D eigenvalue weighted by molar-refractivity contribution is -0.125. The summed E-state index contributed by atoms with van der Waals surface area (Å²) in [5, 5.41) is 2.87. The molecule has 2 aromatic heterocycles. The van der Waals surface area contributed by atoms with Crippen LogP contribution in [0.2, 0.25) is 0 Å². The van der Waals surface area contributed by atoms with Crippen molar-refractivity contribution in [2.24, 2.45) is 0 Å². The Bertz CT molecular complexity index is 1150. The largest absolute Gasteiger partial charge is 0.377 e.